The van der Waals surface area contributed by atoms with Crippen LogP contribution >= 0.6 is 0 Å². The Hall–Kier alpha value is -6.52. The van der Waals surface area contributed by atoms with E-state index in [0.29, 0.717) is 23.4 Å². The molecule has 1 aliphatic rings. The van der Waals surface area contributed by atoms with Gasteiger partial charge in [-0.3, -0.25) is 4.98 Å². The molecule has 4 nitrogen and oxygen atoms in total. The van der Waals surface area contributed by atoms with Crippen LogP contribution in [-0.4, -0.2) is 19.9 Å². The Morgan fingerprint density at radius 3 is 1.86 bits per heavy atom. The van der Waals surface area contributed by atoms with Gasteiger partial charge in [0, 0.05) is 33.8 Å². The van der Waals surface area contributed by atoms with Crippen molar-refractivity contribution < 1.29 is 0 Å². The molecule has 9 aromatic rings. The summed E-state index contributed by atoms with van der Waals surface area (Å²) in [5, 5.41) is 8.16. The Kier molecular flexibility index (Phi) is 6.81. The molecule has 2 aromatic heterocycles. The van der Waals surface area contributed by atoms with Gasteiger partial charge in [-0.15, -0.1) is 0 Å². The summed E-state index contributed by atoms with van der Waals surface area (Å²) >= 11 is 0. The predicted molar refractivity (Wildman–Crippen MR) is 211 cm³/mol. The number of aromatic nitrogens is 4. The molecular weight excluding hydrogens is 621 g/mol. The smallest absolute Gasteiger partial charge is 0.164 e. The fraction of sp³-hybridized carbons (Fsp3) is 0.0638. The lowest BCUT2D eigenvalue weighted by Crippen LogP contribution is -2.06. The molecule has 1 aliphatic carbocycles. The Morgan fingerprint density at radius 1 is 0.490 bits per heavy atom. The average Bonchev–Trinajstić information content (AvgIpc) is 3.20. The third-order valence-electron chi connectivity index (χ3n) is 10.3. The molecule has 0 saturated carbocycles. The lowest BCUT2D eigenvalue weighted by atomic mass is 9.85. The van der Waals surface area contributed by atoms with Gasteiger partial charge in [0.15, 0.2) is 17.5 Å². The van der Waals surface area contributed by atoms with Gasteiger partial charge in [-0.25, -0.2) is 15.0 Å². The van der Waals surface area contributed by atoms with Crippen LogP contribution in [0, 0.1) is 5.92 Å². The molecule has 1 atom stereocenters. The minimum Gasteiger partial charge on any atom is -0.256 e. The molecule has 7 aromatic carbocycles. The van der Waals surface area contributed by atoms with E-state index in [1.54, 1.807) is 0 Å². The first-order valence-corrected chi connectivity index (χ1v) is 17.5. The zero-order chi connectivity index (χ0) is 33.9. The molecule has 0 spiro atoms. The lowest BCUT2D eigenvalue weighted by Gasteiger charge is -2.20. The number of allylic oxidation sites excluding steroid dienone is 1. The quantitative estimate of drug-likeness (QED) is 0.178. The first kappa shape index (κ1) is 29.4. The maximum absolute atomic E-state index is 5.32. The molecule has 1 unspecified atom stereocenters. The molecule has 0 amide bonds. The number of hydrogen-bond acceptors (Lipinski definition) is 4. The lowest BCUT2D eigenvalue weighted by molar-refractivity contribution is 0.718. The van der Waals surface area contributed by atoms with Crippen LogP contribution in [0.15, 0.2) is 152 Å². The van der Waals surface area contributed by atoms with Crippen molar-refractivity contribution in [1.29, 1.82) is 0 Å². The molecule has 0 radical (unpaired) electrons. The maximum Gasteiger partial charge on any atom is 0.164 e. The van der Waals surface area contributed by atoms with Crippen molar-refractivity contribution >= 4 is 49.3 Å². The van der Waals surface area contributed by atoms with E-state index in [1.165, 1.54) is 27.3 Å². The summed E-state index contributed by atoms with van der Waals surface area (Å²) in [4.78, 5) is 20.5. The minimum absolute atomic E-state index is 0.469. The van der Waals surface area contributed by atoms with E-state index in [1.807, 2.05) is 18.3 Å². The van der Waals surface area contributed by atoms with E-state index in [4.69, 9.17) is 19.9 Å². The van der Waals surface area contributed by atoms with Crippen molar-refractivity contribution in [3.05, 3.63) is 163 Å². The highest BCUT2D eigenvalue weighted by Crippen LogP contribution is 2.39. The number of pyridine rings is 1. The van der Waals surface area contributed by atoms with Crippen LogP contribution in [0.2, 0.25) is 0 Å². The van der Waals surface area contributed by atoms with Crippen molar-refractivity contribution in [2.45, 2.75) is 13.3 Å². The maximum atomic E-state index is 5.32. The summed E-state index contributed by atoms with van der Waals surface area (Å²) < 4.78 is 0. The van der Waals surface area contributed by atoms with E-state index in [2.05, 4.69) is 146 Å². The van der Waals surface area contributed by atoms with E-state index in [0.717, 1.165) is 61.3 Å². The monoisotopic (exact) mass is 652 g/mol. The van der Waals surface area contributed by atoms with Gasteiger partial charge in [0.05, 0.1) is 5.52 Å². The zero-order valence-corrected chi connectivity index (χ0v) is 28.1. The van der Waals surface area contributed by atoms with Crippen LogP contribution in [0.1, 0.15) is 18.1 Å². The van der Waals surface area contributed by atoms with E-state index in [-0.39, 0.29) is 0 Å². The van der Waals surface area contributed by atoms with Crippen LogP contribution < -0.4 is 0 Å². The fourth-order valence-electron chi connectivity index (χ4n) is 7.71. The third-order valence-corrected chi connectivity index (χ3v) is 10.3. The second-order valence-electron chi connectivity index (χ2n) is 13.6. The summed E-state index contributed by atoms with van der Waals surface area (Å²) in [6, 6.07) is 49.2. The van der Waals surface area contributed by atoms with Crippen LogP contribution in [-0.2, 0) is 6.42 Å². The molecule has 2 heterocycles. The summed E-state index contributed by atoms with van der Waals surface area (Å²) in [5.74, 6) is 2.45. The second-order valence-corrected chi connectivity index (χ2v) is 13.6. The molecule has 0 fully saturated rings. The molecule has 0 N–H and O–H groups in total. The molecule has 0 bridgehead atoms. The second kappa shape index (κ2) is 11.8. The predicted octanol–water partition coefficient (Wildman–Crippen LogP) is 11.8. The average molecular weight is 653 g/mol. The number of hydrogen-bond donors (Lipinski definition) is 0. The van der Waals surface area contributed by atoms with Crippen molar-refractivity contribution in [2.24, 2.45) is 5.92 Å². The highest BCUT2D eigenvalue weighted by molar-refractivity contribution is 6.13. The Morgan fingerprint density at radius 2 is 1.08 bits per heavy atom. The van der Waals surface area contributed by atoms with Gasteiger partial charge in [-0.05, 0) is 85.6 Å². The topological polar surface area (TPSA) is 51.6 Å². The summed E-state index contributed by atoms with van der Waals surface area (Å²) in [6.07, 6.45) is 7.53. The van der Waals surface area contributed by atoms with Crippen LogP contribution in [0.3, 0.4) is 0 Å². The Bertz CT molecular complexity index is 2850. The molecule has 240 valence electrons. The number of nitrogens with zero attached hydrogens (tertiary/aromatic N) is 4. The highest BCUT2D eigenvalue weighted by Gasteiger charge is 2.21. The van der Waals surface area contributed by atoms with E-state index >= 15 is 0 Å². The van der Waals surface area contributed by atoms with Gasteiger partial charge in [0.1, 0.15) is 0 Å². The van der Waals surface area contributed by atoms with Crippen LogP contribution in [0.5, 0.6) is 0 Å². The minimum atomic E-state index is 0.469. The number of fused-ring (bicyclic) bond motifs is 7. The molecule has 10 rings (SSSR count). The normalized spacial score (nSPS) is 14.0. The summed E-state index contributed by atoms with van der Waals surface area (Å²) in [7, 11) is 0. The van der Waals surface area contributed by atoms with Gasteiger partial charge in [0.2, 0.25) is 0 Å². The third kappa shape index (κ3) is 5.07. The van der Waals surface area contributed by atoms with Crippen molar-refractivity contribution in [1.82, 2.24) is 19.9 Å². The first-order valence-electron chi connectivity index (χ1n) is 17.5. The molecular formula is C47H32N4. The summed E-state index contributed by atoms with van der Waals surface area (Å²) in [5.41, 5.74) is 8.73. The number of benzene rings is 7. The molecule has 4 heteroatoms. The van der Waals surface area contributed by atoms with Crippen molar-refractivity contribution in [2.75, 3.05) is 0 Å². The Balaban J connectivity index is 1.20. The van der Waals surface area contributed by atoms with Gasteiger partial charge in [-0.1, -0.05) is 134 Å². The Labute approximate surface area is 295 Å². The number of rotatable bonds is 4. The highest BCUT2D eigenvalue weighted by atomic mass is 15.0. The molecule has 51 heavy (non-hydrogen) atoms. The van der Waals surface area contributed by atoms with Gasteiger partial charge >= 0.3 is 0 Å². The van der Waals surface area contributed by atoms with Crippen molar-refractivity contribution in [3.8, 4) is 45.3 Å². The zero-order valence-electron chi connectivity index (χ0n) is 28.1. The largest absolute Gasteiger partial charge is 0.256 e. The van der Waals surface area contributed by atoms with Crippen LogP contribution in [0.4, 0.5) is 0 Å². The number of para-hydroxylation sites is 1. The van der Waals surface area contributed by atoms with Crippen molar-refractivity contribution in [3.63, 3.8) is 0 Å². The van der Waals surface area contributed by atoms with Gasteiger partial charge in [0.25, 0.3) is 0 Å². The van der Waals surface area contributed by atoms with Gasteiger partial charge < -0.3 is 0 Å². The van der Waals surface area contributed by atoms with E-state index in [9.17, 15) is 0 Å². The fourth-order valence-corrected chi connectivity index (χ4v) is 7.71. The standard InChI is InChI=1S/C47H32N4/c1-29-18-23-37-34(24-29)27-43(41-16-8-6-14-39(37)41)47-50-45(31-21-19-30(20-22-31)35-25-33-11-3-9-17-44(33)48-28-35)49-46(51-47)42-26-32-10-2-4-12-36(32)38-13-5-7-15-40(38)42/h2-23,25-29H,24H2,1H3. The SMILES string of the molecule is CC1C=Cc2c(cc(-c3nc(-c4ccc(-c5cnc6ccccc6c5)cc4)nc(-c4cc5ccccc5c5ccccc45)n3)c3ccccc23)C1. The first-order chi connectivity index (χ1) is 25.2. The van der Waals surface area contributed by atoms with Gasteiger partial charge in [-0.2, -0.15) is 0 Å². The molecule has 0 saturated heterocycles. The van der Waals surface area contributed by atoms with Crippen LogP contribution in [0.25, 0.3) is 94.6 Å². The molecule has 0 aliphatic heterocycles. The summed E-state index contributed by atoms with van der Waals surface area (Å²) in [6.45, 7) is 2.27. The van der Waals surface area contributed by atoms with E-state index < -0.39 is 0 Å².